The van der Waals surface area contributed by atoms with Crippen LogP contribution in [-0.2, 0) is 37.7 Å². The largest absolute Gasteiger partial charge is 0.383 e. The van der Waals surface area contributed by atoms with Crippen molar-refractivity contribution in [2.24, 2.45) is 11.1 Å². The molecule has 1 saturated carbocycles. The molecule has 7 aromatic rings. The molecule has 1 aliphatic heterocycles. The summed E-state index contributed by atoms with van der Waals surface area (Å²) in [5.41, 5.74) is 24.1. The number of hydrogen-bond donors (Lipinski definition) is 5. The summed E-state index contributed by atoms with van der Waals surface area (Å²) in [5.74, 6) is 0.520. The standard InChI is InChI=1S/C61H73N11O4S/c1-40-53(77-39-67-40)43-23-20-42(21-24-43)38-66-58(75)50-18-13-36-71(50)59(76)54(60(2,3)4)70-52(74)19-9-7-5-6-8-10-34-64-51(73)31-22-41-15-11-16-44(37-41)48-29-30-49-57(68-48)72(56(69-49)47-17-12-35-65-55(47)62)46-27-25-45(26-28-46)61(63)32-14-33-61/h11-12,15-17,20-21,23-30,35,37,39,50,54H,5-10,13-14,18-19,22,31-34,36,38,63H2,1-4H3,(H2,62,65)(H,64,73)(H,66,75)(H,70,74)/t50-,54?/m0/s1. The molecule has 1 aliphatic carbocycles. The number of nitrogens with zero attached hydrogens (tertiary/aromatic N) is 6. The van der Waals surface area contributed by atoms with Crippen molar-refractivity contribution in [1.29, 1.82) is 0 Å². The number of aryl methyl sites for hydroxylation is 2. The molecule has 16 heteroatoms. The second-order valence-electron chi connectivity index (χ2n) is 22.0. The normalized spacial score (nSPS) is 15.5. The van der Waals surface area contributed by atoms with Gasteiger partial charge in [0, 0.05) is 55.5 Å². The van der Waals surface area contributed by atoms with E-state index in [1.807, 2.05) is 105 Å². The van der Waals surface area contributed by atoms with Gasteiger partial charge in [-0.2, -0.15) is 0 Å². The van der Waals surface area contributed by atoms with Gasteiger partial charge in [-0.05, 0) is 128 Å². The van der Waals surface area contributed by atoms with Gasteiger partial charge in [0.25, 0.3) is 0 Å². The zero-order valence-corrected chi connectivity index (χ0v) is 45.8. The minimum Gasteiger partial charge on any atom is -0.383 e. The molecular weight excluding hydrogens is 983 g/mol. The monoisotopic (exact) mass is 1060 g/mol. The van der Waals surface area contributed by atoms with Crippen molar-refractivity contribution >= 4 is 51.9 Å². The number of imidazole rings is 1. The predicted octanol–water partition coefficient (Wildman–Crippen LogP) is 10.1. The second kappa shape index (κ2) is 24.4. The van der Waals surface area contributed by atoms with E-state index in [4.69, 9.17) is 21.4 Å². The topological polar surface area (TPSA) is 216 Å². The van der Waals surface area contributed by atoms with Crippen LogP contribution in [0.3, 0.4) is 0 Å². The highest BCUT2D eigenvalue weighted by molar-refractivity contribution is 7.13. The summed E-state index contributed by atoms with van der Waals surface area (Å²) in [6.45, 7) is 9.29. The highest BCUT2D eigenvalue weighted by atomic mass is 32.1. The van der Waals surface area contributed by atoms with Gasteiger partial charge in [0.05, 0.1) is 27.3 Å². The average molecular weight is 1060 g/mol. The lowest BCUT2D eigenvalue weighted by atomic mass is 9.73. The summed E-state index contributed by atoms with van der Waals surface area (Å²) >= 11 is 1.60. The number of nitrogens with one attached hydrogen (secondary N) is 3. The first-order chi connectivity index (χ1) is 37.1. The number of thiazole rings is 1. The van der Waals surface area contributed by atoms with Gasteiger partial charge in [0.15, 0.2) is 11.5 Å². The second-order valence-corrected chi connectivity index (χ2v) is 22.8. The Hall–Kier alpha value is -7.30. The zero-order valence-electron chi connectivity index (χ0n) is 44.9. The predicted molar refractivity (Wildman–Crippen MR) is 306 cm³/mol. The highest BCUT2D eigenvalue weighted by Gasteiger charge is 2.42. The van der Waals surface area contributed by atoms with E-state index in [1.165, 1.54) is 0 Å². The molecule has 5 heterocycles. The van der Waals surface area contributed by atoms with Crippen LogP contribution in [0.15, 0.2) is 109 Å². The van der Waals surface area contributed by atoms with E-state index in [9.17, 15) is 19.2 Å². The Bertz CT molecular complexity index is 3190. The van der Waals surface area contributed by atoms with Crippen molar-refractivity contribution in [3.63, 3.8) is 0 Å². The number of anilines is 1. The molecule has 77 heavy (non-hydrogen) atoms. The van der Waals surface area contributed by atoms with Crippen LogP contribution in [-0.4, -0.2) is 78.2 Å². The van der Waals surface area contributed by atoms with Gasteiger partial charge in [-0.1, -0.05) is 101 Å². The summed E-state index contributed by atoms with van der Waals surface area (Å²) in [6, 6.07) is 31.1. The quantitative estimate of drug-likeness (QED) is 0.0405. The van der Waals surface area contributed by atoms with Crippen LogP contribution in [0.2, 0.25) is 0 Å². The van der Waals surface area contributed by atoms with Crippen LogP contribution >= 0.6 is 11.3 Å². The lowest BCUT2D eigenvalue weighted by Crippen LogP contribution is -2.57. The molecule has 7 N–H and O–H groups in total. The molecule has 2 aliphatic rings. The summed E-state index contributed by atoms with van der Waals surface area (Å²) in [7, 11) is 0. The number of nitrogen functional groups attached to an aromatic ring is 1. The number of carbonyl (C=O) groups is 4. The maximum Gasteiger partial charge on any atom is 0.246 e. The third-order valence-electron chi connectivity index (χ3n) is 15.2. The van der Waals surface area contributed by atoms with E-state index < -0.39 is 17.5 Å². The van der Waals surface area contributed by atoms with Crippen LogP contribution in [0.1, 0.15) is 127 Å². The lowest BCUT2D eigenvalue weighted by Gasteiger charge is -2.38. The van der Waals surface area contributed by atoms with E-state index >= 15 is 0 Å². The summed E-state index contributed by atoms with van der Waals surface area (Å²) in [4.78, 5) is 75.4. The van der Waals surface area contributed by atoms with E-state index in [2.05, 4.69) is 56.3 Å². The third kappa shape index (κ3) is 13.1. The fourth-order valence-electron chi connectivity index (χ4n) is 10.5. The maximum atomic E-state index is 14.0. The van der Waals surface area contributed by atoms with E-state index in [0.29, 0.717) is 62.6 Å². The molecule has 1 saturated heterocycles. The van der Waals surface area contributed by atoms with Crippen LogP contribution in [0, 0.1) is 12.3 Å². The van der Waals surface area contributed by atoms with Gasteiger partial charge in [-0.3, -0.25) is 23.7 Å². The van der Waals surface area contributed by atoms with Crippen LogP contribution in [0.5, 0.6) is 0 Å². The van der Waals surface area contributed by atoms with Gasteiger partial charge >= 0.3 is 0 Å². The molecule has 9 rings (SSSR count). The van der Waals surface area contributed by atoms with Crippen molar-refractivity contribution in [2.45, 2.75) is 142 Å². The van der Waals surface area contributed by atoms with Gasteiger partial charge in [0.1, 0.15) is 23.4 Å². The number of hydrogen-bond acceptors (Lipinski definition) is 11. The fourth-order valence-corrected chi connectivity index (χ4v) is 11.3. The SMILES string of the molecule is Cc1ncsc1-c1ccc(CNC(=O)[C@@H]2CCCN2C(=O)C(NC(=O)CCCCCCCCNC(=O)CCc2cccc(-c3ccc4nc(-c5cccnc5N)n(-c5ccc(C6(N)CCC6)cc5)c4n3)c2)C(C)(C)C)cc1. The fraction of sp³-hybridized carbons (Fsp3) is 0.410. The number of carbonyl (C=O) groups excluding carboxylic acids is 4. The number of likely N-dealkylation sites (tertiary alicyclic amines) is 1. The first-order valence-electron chi connectivity index (χ1n) is 27.4. The number of benzene rings is 3. The number of unbranched alkanes of at least 4 members (excludes halogenated alkanes) is 5. The van der Waals surface area contributed by atoms with Crippen molar-refractivity contribution in [3.05, 3.63) is 131 Å². The number of nitrogens with two attached hydrogens (primary N) is 2. The first kappa shape index (κ1) is 54.5. The van der Waals surface area contributed by atoms with Crippen molar-refractivity contribution in [2.75, 3.05) is 18.8 Å². The van der Waals surface area contributed by atoms with Crippen LogP contribution in [0.4, 0.5) is 5.82 Å². The summed E-state index contributed by atoms with van der Waals surface area (Å²) in [6.07, 6.45) is 12.8. The Balaban J connectivity index is 0.687. The smallest absolute Gasteiger partial charge is 0.246 e. The van der Waals surface area contributed by atoms with Crippen molar-refractivity contribution in [1.82, 2.24) is 45.4 Å². The molecule has 2 fully saturated rings. The van der Waals surface area contributed by atoms with E-state index in [1.54, 1.807) is 22.4 Å². The molecule has 15 nitrogen and oxygen atoms in total. The molecule has 3 aromatic carbocycles. The number of aromatic nitrogens is 5. The van der Waals surface area contributed by atoms with Crippen LogP contribution < -0.4 is 27.4 Å². The number of pyridine rings is 2. The van der Waals surface area contributed by atoms with Crippen molar-refractivity contribution < 1.29 is 19.2 Å². The zero-order chi connectivity index (χ0) is 54.1. The Morgan fingerprint density at radius 2 is 1.56 bits per heavy atom. The molecule has 0 spiro atoms. The van der Waals surface area contributed by atoms with Crippen LogP contribution in [0.25, 0.3) is 49.9 Å². The Morgan fingerprint density at radius 1 is 0.792 bits per heavy atom. The summed E-state index contributed by atoms with van der Waals surface area (Å²) < 4.78 is 2.04. The molecule has 0 bridgehead atoms. The van der Waals surface area contributed by atoms with Gasteiger partial charge < -0.3 is 32.3 Å². The van der Waals surface area contributed by atoms with Crippen molar-refractivity contribution in [3.8, 4) is 38.8 Å². The first-order valence-corrected chi connectivity index (χ1v) is 28.3. The maximum absolute atomic E-state index is 14.0. The van der Waals surface area contributed by atoms with E-state index in [-0.39, 0.29) is 29.2 Å². The molecular formula is C61H73N11O4S. The number of fused-ring (bicyclic) bond motifs is 1. The number of rotatable bonds is 22. The molecule has 1 unspecified atom stereocenters. The Kier molecular flexibility index (Phi) is 17.2. The number of amides is 4. The Morgan fingerprint density at radius 3 is 2.27 bits per heavy atom. The minimum absolute atomic E-state index is 0.0202. The molecule has 4 aromatic heterocycles. The lowest BCUT2D eigenvalue weighted by molar-refractivity contribution is -0.143. The molecule has 2 atom stereocenters. The summed E-state index contributed by atoms with van der Waals surface area (Å²) in [5, 5.41) is 9.18. The van der Waals surface area contributed by atoms with Gasteiger partial charge in [0.2, 0.25) is 23.6 Å². The Labute approximate surface area is 456 Å². The molecule has 0 radical (unpaired) electrons. The molecule has 402 valence electrons. The van der Waals surface area contributed by atoms with Gasteiger partial charge in [-0.25, -0.2) is 19.9 Å². The average Bonchev–Trinajstić information content (AvgIpc) is 4.20. The van der Waals surface area contributed by atoms with Gasteiger partial charge in [-0.15, -0.1) is 11.3 Å². The molecule has 4 amide bonds. The third-order valence-corrected chi connectivity index (χ3v) is 16.2. The van der Waals surface area contributed by atoms with E-state index in [0.717, 1.165) is 125 Å². The highest BCUT2D eigenvalue weighted by Crippen LogP contribution is 2.40. The minimum atomic E-state index is -0.748.